The third-order valence-electron chi connectivity index (χ3n) is 6.19. The van der Waals surface area contributed by atoms with E-state index in [2.05, 4.69) is 34.5 Å². The topological polar surface area (TPSA) is 75.5 Å². The van der Waals surface area contributed by atoms with Gasteiger partial charge in [-0.3, -0.25) is 19.8 Å². The number of carbonyl (C=O) groups excluding carboxylic acids is 1. The number of hydrogen-bond donors (Lipinski definition) is 1. The van der Waals surface area contributed by atoms with Crippen molar-refractivity contribution in [2.24, 2.45) is 0 Å². The average molecular weight is 478 g/mol. The van der Waals surface area contributed by atoms with Gasteiger partial charge in [-0.05, 0) is 72.8 Å². The summed E-state index contributed by atoms with van der Waals surface area (Å²) in [6.07, 6.45) is 4.54. The van der Waals surface area contributed by atoms with Crippen LogP contribution in [-0.4, -0.2) is 35.4 Å². The molecule has 7 heteroatoms. The maximum atomic E-state index is 12.7. The van der Waals surface area contributed by atoms with Crippen molar-refractivity contribution < 1.29 is 9.72 Å². The number of nitro groups is 1. The zero-order chi connectivity index (χ0) is 23.9. The summed E-state index contributed by atoms with van der Waals surface area (Å²) < 4.78 is 0. The molecule has 3 aromatic rings. The lowest BCUT2D eigenvalue weighted by Gasteiger charge is -2.26. The molecule has 0 bridgehead atoms. The van der Waals surface area contributed by atoms with Crippen molar-refractivity contribution in [3.63, 3.8) is 0 Å². The zero-order valence-electron chi connectivity index (χ0n) is 19.0. The van der Waals surface area contributed by atoms with Gasteiger partial charge in [-0.25, -0.2) is 0 Å². The van der Waals surface area contributed by atoms with Gasteiger partial charge in [0.2, 0.25) is 0 Å². The molecule has 3 aromatic carbocycles. The summed E-state index contributed by atoms with van der Waals surface area (Å²) in [6, 6.07) is 20.2. The van der Waals surface area contributed by atoms with E-state index in [-0.39, 0.29) is 11.3 Å². The Kier molecular flexibility index (Phi) is 7.93. The molecule has 0 saturated carbocycles. The van der Waals surface area contributed by atoms with E-state index in [9.17, 15) is 14.9 Å². The van der Waals surface area contributed by atoms with Crippen LogP contribution in [0.1, 0.15) is 40.7 Å². The van der Waals surface area contributed by atoms with E-state index in [1.165, 1.54) is 50.0 Å². The number of likely N-dealkylation sites (tertiary alicyclic amines) is 1. The first-order valence-electron chi connectivity index (χ1n) is 11.6. The van der Waals surface area contributed by atoms with Crippen molar-refractivity contribution in [2.45, 2.75) is 32.2 Å². The molecule has 0 aliphatic carbocycles. The number of hydrogen-bond acceptors (Lipinski definition) is 4. The molecule has 0 atom stereocenters. The van der Waals surface area contributed by atoms with E-state index in [1.54, 1.807) is 30.3 Å². The Morgan fingerprint density at radius 3 is 2.24 bits per heavy atom. The molecule has 1 fully saturated rings. The molecule has 1 heterocycles. The van der Waals surface area contributed by atoms with Crippen LogP contribution in [0.3, 0.4) is 0 Å². The van der Waals surface area contributed by atoms with Crippen LogP contribution in [0.15, 0.2) is 66.7 Å². The van der Waals surface area contributed by atoms with Crippen molar-refractivity contribution in [3.05, 3.63) is 98.6 Å². The Labute approximate surface area is 204 Å². The molecule has 34 heavy (non-hydrogen) atoms. The highest BCUT2D eigenvalue weighted by Gasteiger charge is 2.21. The Morgan fingerprint density at radius 2 is 1.56 bits per heavy atom. The van der Waals surface area contributed by atoms with Gasteiger partial charge in [0.25, 0.3) is 11.6 Å². The van der Waals surface area contributed by atoms with E-state index in [1.807, 2.05) is 0 Å². The van der Waals surface area contributed by atoms with E-state index in [0.29, 0.717) is 23.6 Å². The number of amides is 1. The highest BCUT2D eigenvalue weighted by molar-refractivity contribution is 6.30. The van der Waals surface area contributed by atoms with Crippen molar-refractivity contribution >= 4 is 23.2 Å². The molecule has 6 nitrogen and oxygen atoms in total. The first-order chi connectivity index (χ1) is 16.5. The van der Waals surface area contributed by atoms with E-state index in [0.717, 1.165) is 17.7 Å². The SMILES string of the molecule is O=C(NCCc1ccc(CN2CCCCC2)cc1)c1ccc(-c2ccc(Cl)cc2)cc1[N+](=O)[O-]. The van der Waals surface area contributed by atoms with Crippen molar-refractivity contribution in [3.8, 4) is 11.1 Å². The number of halogens is 1. The maximum Gasteiger partial charge on any atom is 0.282 e. The van der Waals surface area contributed by atoms with Gasteiger partial charge in [-0.2, -0.15) is 0 Å². The lowest BCUT2D eigenvalue weighted by molar-refractivity contribution is -0.385. The summed E-state index contributed by atoms with van der Waals surface area (Å²) in [5.41, 5.74) is 3.71. The van der Waals surface area contributed by atoms with Crippen LogP contribution in [0.25, 0.3) is 11.1 Å². The first kappa shape index (κ1) is 23.9. The normalized spacial score (nSPS) is 14.0. The predicted molar refractivity (Wildman–Crippen MR) is 135 cm³/mol. The van der Waals surface area contributed by atoms with Crippen LogP contribution < -0.4 is 5.32 Å². The van der Waals surface area contributed by atoms with Crippen molar-refractivity contribution in [2.75, 3.05) is 19.6 Å². The molecule has 4 rings (SSSR count). The highest BCUT2D eigenvalue weighted by Crippen LogP contribution is 2.28. The Bertz CT molecular complexity index is 1140. The fraction of sp³-hybridized carbons (Fsp3) is 0.296. The quantitative estimate of drug-likeness (QED) is 0.325. The summed E-state index contributed by atoms with van der Waals surface area (Å²) >= 11 is 5.92. The fourth-order valence-corrected chi connectivity index (χ4v) is 4.43. The van der Waals surface area contributed by atoms with Crippen LogP contribution in [-0.2, 0) is 13.0 Å². The minimum absolute atomic E-state index is 0.0552. The second kappa shape index (κ2) is 11.3. The minimum Gasteiger partial charge on any atom is -0.351 e. The molecule has 1 N–H and O–H groups in total. The smallest absolute Gasteiger partial charge is 0.282 e. The zero-order valence-corrected chi connectivity index (χ0v) is 19.8. The van der Waals surface area contributed by atoms with Crippen LogP contribution >= 0.6 is 11.6 Å². The number of benzene rings is 3. The lowest BCUT2D eigenvalue weighted by atomic mass is 10.0. The van der Waals surface area contributed by atoms with Gasteiger partial charge in [-0.1, -0.05) is 60.5 Å². The lowest BCUT2D eigenvalue weighted by Crippen LogP contribution is -2.29. The Morgan fingerprint density at radius 1 is 0.912 bits per heavy atom. The van der Waals surface area contributed by atoms with E-state index in [4.69, 9.17) is 11.6 Å². The molecule has 1 aliphatic heterocycles. The molecule has 1 amide bonds. The predicted octanol–water partition coefficient (Wildman–Crippen LogP) is 5.87. The van der Waals surface area contributed by atoms with Gasteiger partial charge in [0.05, 0.1) is 4.92 Å². The molecule has 0 unspecified atom stereocenters. The number of nitrogens with zero attached hydrogens (tertiary/aromatic N) is 2. The third-order valence-corrected chi connectivity index (χ3v) is 6.45. The minimum atomic E-state index is -0.518. The molecule has 0 spiro atoms. The van der Waals surface area contributed by atoms with Gasteiger partial charge in [0, 0.05) is 24.2 Å². The van der Waals surface area contributed by atoms with Crippen LogP contribution in [0.4, 0.5) is 5.69 Å². The second-order valence-electron chi connectivity index (χ2n) is 8.66. The van der Waals surface area contributed by atoms with Gasteiger partial charge in [0.1, 0.15) is 5.56 Å². The molecule has 1 aliphatic rings. The maximum absolute atomic E-state index is 12.7. The number of carbonyl (C=O) groups is 1. The number of nitro benzene ring substituents is 1. The molecule has 176 valence electrons. The van der Waals surface area contributed by atoms with Gasteiger partial charge < -0.3 is 5.32 Å². The van der Waals surface area contributed by atoms with Crippen LogP contribution in [0.2, 0.25) is 5.02 Å². The van der Waals surface area contributed by atoms with Crippen molar-refractivity contribution in [1.82, 2.24) is 10.2 Å². The average Bonchev–Trinajstić information content (AvgIpc) is 2.86. The van der Waals surface area contributed by atoms with Crippen LogP contribution in [0.5, 0.6) is 0 Å². The summed E-state index contributed by atoms with van der Waals surface area (Å²) in [7, 11) is 0. The first-order valence-corrected chi connectivity index (χ1v) is 12.0. The molecule has 1 saturated heterocycles. The fourth-order valence-electron chi connectivity index (χ4n) is 4.30. The summed E-state index contributed by atoms with van der Waals surface area (Å²) in [5.74, 6) is -0.448. The van der Waals surface area contributed by atoms with Gasteiger partial charge in [-0.15, -0.1) is 0 Å². The molecular formula is C27H28ClN3O3. The summed E-state index contributed by atoms with van der Waals surface area (Å²) in [4.78, 5) is 26.3. The standard InChI is InChI=1S/C27H28ClN3O3/c28-24-11-8-22(9-12-24)23-10-13-25(26(18-23)31(33)34)27(32)29-15-14-20-4-6-21(7-5-20)19-30-16-2-1-3-17-30/h4-13,18H,1-3,14-17,19H2,(H,29,32). The van der Waals surface area contributed by atoms with Crippen molar-refractivity contribution in [1.29, 1.82) is 0 Å². The van der Waals surface area contributed by atoms with Gasteiger partial charge >= 0.3 is 0 Å². The van der Waals surface area contributed by atoms with Crippen LogP contribution in [0, 0.1) is 10.1 Å². The summed E-state index contributed by atoms with van der Waals surface area (Å²) in [5, 5.41) is 15.0. The van der Waals surface area contributed by atoms with E-state index >= 15 is 0 Å². The second-order valence-corrected chi connectivity index (χ2v) is 9.09. The third kappa shape index (κ3) is 6.22. The number of piperidine rings is 1. The molecule has 0 aromatic heterocycles. The van der Waals surface area contributed by atoms with E-state index < -0.39 is 10.8 Å². The summed E-state index contributed by atoms with van der Waals surface area (Å²) in [6.45, 7) is 3.72. The number of rotatable bonds is 8. The Hall–Kier alpha value is -3.22. The monoisotopic (exact) mass is 477 g/mol. The highest BCUT2D eigenvalue weighted by atomic mass is 35.5. The largest absolute Gasteiger partial charge is 0.351 e. The molecular weight excluding hydrogens is 450 g/mol. The number of nitrogens with one attached hydrogen (secondary N) is 1. The molecule has 0 radical (unpaired) electrons. The Balaban J connectivity index is 1.35. The van der Waals surface area contributed by atoms with Gasteiger partial charge in [0.15, 0.2) is 0 Å².